The fourth-order valence-corrected chi connectivity index (χ4v) is 10.8. The molecule has 0 saturated heterocycles. The van der Waals surface area contributed by atoms with Gasteiger partial charge in [-0.05, 0) is 103 Å². The molecule has 11 aromatic carbocycles. The van der Waals surface area contributed by atoms with Crippen LogP contribution in [0.4, 0.5) is 0 Å². The van der Waals surface area contributed by atoms with E-state index in [1.165, 1.54) is 32.3 Å². The maximum atomic E-state index is 6.59. The van der Waals surface area contributed by atoms with Gasteiger partial charge in [0, 0.05) is 38.2 Å². The molecule has 0 amide bonds. The smallest absolute Gasteiger partial charge is 0.160 e. The molecule has 2 aromatic heterocycles. The molecule has 1 N–H and O–H groups in total. The second-order valence-corrected chi connectivity index (χ2v) is 18.1. The molecular formula is C65H42N4O. The van der Waals surface area contributed by atoms with Gasteiger partial charge in [-0.25, -0.2) is 9.98 Å². The first-order valence-corrected chi connectivity index (χ1v) is 23.8. The maximum absolute atomic E-state index is 6.59. The second-order valence-electron chi connectivity index (χ2n) is 18.1. The Bertz CT molecular complexity index is 4180. The van der Waals surface area contributed by atoms with E-state index < -0.39 is 6.17 Å². The summed E-state index contributed by atoms with van der Waals surface area (Å²) in [6.07, 6.45) is -0.505. The molecule has 5 heteroatoms. The van der Waals surface area contributed by atoms with Crippen molar-refractivity contribution >= 4 is 77.0 Å². The van der Waals surface area contributed by atoms with Crippen molar-refractivity contribution in [1.82, 2.24) is 9.88 Å². The summed E-state index contributed by atoms with van der Waals surface area (Å²) in [5, 5.41) is 13.3. The number of fused-ring (bicyclic) bond motifs is 8. The van der Waals surface area contributed by atoms with Crippen LogP contribution in [0.25, 0.3) is 104 Å². The molecule has 1 aliphatic heterocycles. The fourth-order valence-electron chi connectivity index (χ4n) is 10.8. The second kappa shape index (κ2) is 16.2. The molecule has 0 aliphatic carbocycles. The third kappa shape index (κ3) is 6.55. The SMILES string of the molecule is c1ccc(-c2ccccc2C2=NC(c3ccc(-n4c5cc6ccccc6cc5c5cc6ccccc6cc54)c(-c4cccc5oc6ccccc6c45)c3)NC(c3ccccc3-c3ccccc3)=N2)cc1. The molecule has 70 heavy (non-hydrogen) atoms. The van der Waals surface area contributed by atoms with Gasteiger partial charge >= 0.3 is 0 Å². The Hall–Kier alpha value is -9.32. The standard InChI is InChI=1S/C65H42N4O/c1-3-18-41(19-4-1)48-26-11-13-28-51(48)64-66-63(67-65(68-64)52-29-14-12-27-49(52)42-20-5-2-6-21-42)47-34-35-57(54(38-47)50-31-17-33-61-62(50)53-30-15-16-32-60(53)70-61)69-58-39-45-24-9-7-22-43(45)36-55(58)56-37-44-23-8-10-25-46(44)40-59(56)69/h1-40,63H,(H,66,67,68). The number of aromatic nitrogens is 1. The molecule has 1 aliphatic rings. The molecular weight excluding hydrogens is 853 g/mol. The normalized spacial score (nSPS) is 13.9. The molecule has 0 bridgehead atoms. The van der Waals surface area contributed by atoms with Gasteiger partial charge in [0.15, 0.2) is 5.84 Å². The summed E-state index contributed by atoms with van der Waals surface area (Å²) in [4.78, 5) is 11.0. The maximum Gasteiger partial charge on any atom is 0.160 e. The van der Waals surface area contributed by atoms with Gasteiger partial charge in [-0.2, -0.15) is 0 Å². The van der Waals surface area contributed by atoms with E-state index in [4.69, 9.17) is 14.4 Å². The summed E-state index contributed by atoms with van der Waals surface area (Å²) in [7, 11) is 0. The first-order valence-electron chi connectivity index (χ1n) is 23.8. The Kier molecular flexibility index (Phi) is 9.20. The zero-order valence-electron chi connectivity index (χ0n) is 37.9. The molecule has 1 unspecified atom stereocenters. The topological polar surface area (TPSA) is 54.8 Å². The largest absolute Gasteiger partial charge is 0.456 e. The summed E-state index contributed by atoms with van der Waals surface area (Å²) >= 11 is 0. The van der Waals surface area contributed by atoms with Crippen molar-refractivity contribution in [2.75, 3.05) is 0 Å². The van der Waals surface area contributed by atoms with Crippen LogP contribution in [0.15, 0.2) is 257 Å². The number of nitrogens with one attached hydrogen (secondary N) is 1. The highest BCUT2D eigenvalue weighted by Gasteiger charge is 2.27. The van der Waals surface area contributed by atoms with Crippen LogP contribution in [0.3, 0.4) is 0 Å². The van der Waals surface area contributed by atoms with Crippen molar-refractivity contribution in [2.45, 2.75) is 6.17 Å². The highest BCUT2D eigenvalue weighted by molar-refractivity contribution is 6.19. The zero-order chi connectivity index (χ0) is 46.1. The first-order chi connectivity index (χ1) is 34.7. The molecule has 0 spiro atoms. The summed E-state index contributed by atoms with van der Waals surface area (Å²) in [5.41, 5.74) is 14.5. The van der Waals surface area contributed by atoms with Gasteiger partial charge in [-0.15, -0.1) is 0 Å². The number of hydrogen-bond acceptors (Lipinski definition) is 4. The minimum atomic E-state index is -0.505. The Morgan fingerprint density at radius 1 is 0.386 bits per heavy atom. The number of furan rings is 1. The van der Waals surface area contributed by atoms with Crippen molar-refractivity contribution in [3.05, 3.63) is 259 Å². The van der Waals surface area contributed by atoms with Crippen LogP contribution >= 0.6 is 0 Å². The lowest BCUT2D eigenvalue weighted by Crippen LogP contribution is -2.34. The number of hydrogen-bond donors (Lipinski definition) is 1. The average molecular weight is 895 g/mol. The van der Waals surface area contributed by atoms with Crippen LogP contribution in [0.5, 0.6) is 0 Å². The molecule has 5 nitrogen and oxygen atoms in total. The summed E-state index contributed by atoms with van der Waals surface area (Å²) in [6, 6.07) is 86.5. The van der Waals surface area contributed by atoms with Gasteiger partial charge in [-0.1, -0.05) is 194 Å². The van der Waals surface area contributed by atoms with Crippen LogP contribution in [0, 0.1) is 0 Å². The number of benzene rings is 11. The van der Waals surface area contributed by atoms with E-state index in [1.54, 1.807) is 0 Å². The van der Waals surface area contributed by atoms with Crippen molar-refractivity contribution < 1.29 is 4.42 Å². The van der Waals surface area contributed by atoms with Crippen LogP contribution in [0.1, 0.15) is 22.9 Å². The van der Waals surface area contributed by atoms with Gasteiger partial charge in [0.25, 0.3) is 0 Å². The summed E-state index contributed by atoms with van der Waals surface area (Å²) < 4.78 is 9.07. The van der Waals surface area contributed by atoms with Crippen LogP contribution < -0.4 is 5.32 Å². The quantitative estimate of drug-likeness (QED) is 0.173. The first kappa shape index (κ1) is 39.8. The molecule has 0 fully saturated rings. The Balaban J connectivity index is 1.04. The van der Waals surface area contributed by atoms with Crippen LogP contribution in [0.2, 0.25) is 0 Å². The van der Waals surface area contributed by atoms with E-state index in [1.807, 2.05) is 6.07 Å². The highest BCUT2D eigenvalue weighted by atomic mass is 16.3. The van der Waals surface area contributed by atoms with Gasteiger partial charge in [-0.3, -0.25) is 0 Å². The minimum Gasteiger partial charge on any atom is -0.456 e. The summed E-state index contributed by atoms with van der Waals surface area (Å²) in [5.74, 6) is 1.42. The van der Waals surface area contributed by atoms with Crippen LogP contribution in [-0.2, 0) is 0 Å². The van der Waals surface area contributed by atoms with Crippen molar-refractivity contribution in [3.63, 3.8) is 0 Å². The van der Waals surface area contributed by atoms with Crippen LogP contribution in [-0.4, -0.2) is 16.2 Å². The van der Waals surface area contributed by atoms with Crippen molar-refractivity contribution in [3.8, 4) is 39.1 Å². The van der Waals surface area contributed by atoms with Crippen molar-refractivity contribution in [2.24, 2.45) is 9.98 Å². The number of para-hydroxylation sites is 1. The number of nitrogens with zero attached hydrogens (tertiary/aromatic N) is 3. The Morgan fingerprint density at radius 3 is 1.56 bits per heavy atom. The molecule has 1 atom stereocenters. The predicted molar refractivity (Wildman–Crippen MR) is 291 cm³/mol. The summed E-state index contributed by atoms with van der Waals surface area (Å²) in [6.45, 7) is 0. The monoisotopic (exact) mass is 894 g/mol. The molecule has 14 rings (SSSR count). The molecule has 13 aromatic rings. The number of rotatable bonds is 7. The van der Waals surface area contributed by atoms with E-state index in [0.29, 0.717) is 5.84 Å². The third-order valence-corrected chi connectivity index (χ3v) is 14.0. The number of aliphatic imine (C=N–C) groups is 2. The molecule has 328 valence electrons. The van der Waals surface area contributed by atoms with E-state index >= 15 is 0 Å². The zero-order valence-corrected chi connectivity index (χ0v) is 37.9. The average Bonchev–Trinajstić information content (AvgIpc) is 3.96. The van der Waals surface area contributed by atoms with Gasteiger partial charge < -0.3 is 14.3 Å². The lowest BCUT2D eigenvalue weighted by Gasteiger charge is -2.26. The van der Waals surface area contributed by atoms with Crippen molar-refractivity contribution in [1.29, 1.82) is 0 Å². The van der Waals surface area contributed by atoms with Gasteiger partial charge in [0.05, 0.1) is 16.7 Å². The predicted octanol–water partition coefficient (Wildman–Crippen LogP) is 16.5. The number of amidine groups is 2. The minimum absolute atomic E-state index is 0.505. The van der Waals surface area contributed by atoms with E-state index in [9.17, 15) is 0 Å². The lowest BCUT2D eigenvalue weighted by atomic mass is 9.94. The van der Waals surface area contributed by atoms with E-state index in [-0.39, 0.29) is 0 Å². The third-order valence-electron chi connectivity index (χ3n) is 14.0. The lowest BCUT2D eigenvalue weighted by molar-refractivity contribution is 0.669. The molecule has 0 saturated carbocycles. The molecule has 3 heterocycles. The van der Waals surface area contributed by atoms with Gasteiger partial charge in [0.1, 0.15) is 23.2 Å². The van der Waals surface area contributed by atoms with E-state index in [2.05, 4.69) is 246 Å². The Labute approximate surface area is 404 Å². The molecule has 0 radical (unpaired) electrons. The highest BCUT2D eigenvalue weighted by Crippen LogP contribution is 2.44. The Morgan fingerprint density at radius 2 is 0.900 bits per heavy atom. The van der Waals surface area contributed by atoms with E-state index in [0.717, 1.165) is 94.6 Å². The fraction of sp³-hybridized carbons (Fsp3) is 0.0154. The van der Waals surface area contributed by atoms with Gasteiger partial charge in [0.2, 0.25) is 0 Å².